The first-order chi connectivity index (χ1) is 16.8. The Hall–Kier alpha value is -3.04. The molecular weight excluding hydrogens is 497 g/mol. The number of carbonyl (C=O) groups excluding carboxylic acids is 2. The lowest BCUT2D eigenvalue weighted by Crippen LogP contribution is -2.36. The Balaban J connectivity index is 2.48. The molecule has 0 bridgehead atoms. The summed E-state index contributed by atoms with van der Waals surface area (Å²) in [7, 11) is 0. The van der Waals surface area contributed by atoms with E-state index >= 15 is 0 Å². The lowest BCUT2D eigenvalue weighted by Gasteiger charge is -2.22. The minimum atomic E-state index is -1.54. The molecule has 0 N–H and O–H groups in total. The van der Waals surface area contributed by atoms with Gasteiger partial charge in [-0.1, -0.05) is 17.7 Å². The third-order valence-corrected chi connectivity index (χ3v) is 5.06. The first-order valence-corrected chi connectivity index (χ1v) is 11.9. The molecule has 1 amide bonds. The van der Waals surface area contributed by atoms with Crippen molar-refractivity contribution in [3.8, 4) is 23.0 Å². The molecule has 2 aromatic rings. The standard InChI is InChI=1S/C24H29Cl2N3O6/c1-6-32-16-13-17(25)23(35-9-4)18(14-16)27-28-21(15(5)30)24(31)29(26)22-19(33-7-2)11-10-12-20(22)34-8-3/h10-14,21H,6-9H2,1-5H3. The maximum atomic E-state index is 13.3. The topological polar surface area (TPSA) is 99.0 Å². The molecule has 0 radical (unpaired) electrons. The molecule has 9 nitrogen and oxygen atoms in total. The van der Waals surface area contributed by atoms with E-state index in [9.17, 15) is 9.59 Å². The molecular formula is C24H29Cl2N3O6. The van der Waals surface area contributed by atoms with Gasteiger partial charge < -0.3 is 18.9 Å². The average Bonchev–Trinajstić information content (AvgIpc) is 2.81. The molecule has 2 aromatic carbocycles. The van der Waals surface area contributed by atoms with Crippen molar-refractivity contribution in [3.63, 3.8) is 0 Å². The van der Waals surface area contributed by atoms with Gasteiger partial charge in [0.1, 0.15) is 28.6 Å². The van der Waals surface area contributed by atoms with Gasteiger partial charge in [0.25, 0.3) is 5.91 Å². The van der Waals surface area contributed by atoms with Crippen LogP contribution in [0.3, 0.4) is 0 Å². The number of anilines is 1. The molecule has 35 heavy (non-hydrogen) atoms. The van der Waals surface area contributed by atoms with Crippen LogP contribution in [0.5, 0.6) is 23.0 Å². The summed E-state index contributed by atoms with van der Waals surface area (Å²) in [6.45, 7) is 9.78. The number of rotatable bonds is 13. The Morgan fingerprint density at radius 2 is 1.51 bits per heavy atom. The molecule has 0 saturated heterocycles. The van der Waals surface area contributed by atoms with E-state index in [1.807, 2.05) is 6.92 Å². The van der Waals surface area contributed by atoms with Gasteiger partial charge >= 0.3 is 0 Å². The Morgan fingerprint density at radius 3 is 2.03 bits per heavy atom. The third-order valence-electron chi connectivity index (χ3n) is 4.45. The third kappa shape index (κ3) is 7.22. The number of para-hydroxylation sites is 1. The molecule has 0 spiro atoms. The molecule has 0 aliphatic carbocycles. The van der Waals surface area contributed by atoms with E-state index in [1.54, 1.807) is 51.1 Å². The van der Waals surface area contributed by atoms with Gasteiger partial charge in [-0.25, -0.2) is 4.42 Å². The summed E-state index contributed by atoms with van der Waals surface area (Å²) in [4.78, 5) is 25.7. The molecule has 0 aromatic heterocycles. The van der Waals surface area contributed by atoms with Crippen LogP contribution in [0.4, 0.5) is 11.4 Å². The maximum Gasteiger partial charge on any atom is 0.276 e. The minimum Gasteiger partial charge on any atom is -0.494 e. The number of halogens is 2. The molecule has 0 heterocycles. The lowest BCUT2D eigenvalue weighted by molar-refractivity contribution is -0.126. The molecule has 0 saturated carbocycles. The van der Waals surface area contributed by atoms with Crippen molar-refractivity contribution >= 4 is 46.4 Å². The largest absolute Gasteiger partial charge is 0.494 e. The fourth-order valence-electron chi connectivity index (χ4n) is 3.05. The summed E-state index contributed by atoms with van der Waals surface area (Å²) in [6, 6.07) is 6.60. The molecule has 0 aliphatic rings. The number of ketones is 1. The summed E-state index contributed by atoms with van der Waals surface area (Å²) in [5.74, 6) is -0.0835. The predicted octanol–water partition coefficient (Wildman–Crippen LogP) is 6.16. The van der Waals surface area contributed by atoms with E-state index in [-0.39, 0.29) is 22.1 Å². The summed E-state index contributed by atoms with van der Waals surface area (Å²) in [5.41, 5.74) is 0.369. The number of benzene rings is 2. The Morgan fingerprint density at radius 1 is 0.943 bits per heavy atom. The monoisotopic (exact) mass is 525 g/mol. The molecule has 190 valence electrons. The van der Waals surface area contributed by atoms with Crippen LogP contribution in [0, 0.1) is 0 Å². The van der Waals surface area contributed by atoms with Crippen molar-refractivity contribution in [2.24, 2.45) is 10.2 Å². The fraction of sp³-hybridized carbons (Fsp3) is 0.417. The van der Waals surface area contributed by atoms with E-state index in [1.165, 1.54) is 6.92 Å². The molecule has 2 rings (SSSR count). The van der Waals surface area contributed by atoms with Crippen molar-refractivity contribution in [2.45, 2.75) is 40.7 Å². The molecule has 0 fully saturated rings. The van der Waals surface area contributed by atoms with Gasteiger partial charge in [-0.3, -0.25) is 9.59 Å². The second-order valence-corrected chi connectivity index (χ2v) is 7.68. The van der Waals surface area contributed by atoms with E-state index in [4.69, 9.17) is 42.3 Å². The lowest BCUT2D eigenvalue weighted by atomic mass is 10.2. The second kappa shape index (κ2) is 13.7. The Kier molecular flexibility index (Phi) is 11.1. The maximum absolute atomic E-state index is 13.3. The number of hydrogen-bond donors (Lipinski definition) is 0. The normalized spacial score (nSPS) is 11.7. The number of carbonyl (C=O) groups is 2. The van der Waals surface area contributed by atoms with Gasteiger partial charge in [0.15, 0.2) is 11.5 Å². The number of ether oxygens (including phenoxy) is 4. The zero-order valence-electron chi connectivity index (χ0n) is 20.3. The highest BCUT2D eigenvalue weighted by molar-refractivity contribution is 6.40. The number of amides is 1. The molecule has 11 heteroatoms. The van der Waals surface area contributed by atoms with Crippen LogP contribution >= 0.6 is 23.4 Å². The van der Waals surface area contributed by atoms with Gasteiger partial charge in [-0.05, 0) is 46.8 Å². The molecule has 1 unspecified atom stereocenters. The highest BCUT2D eigenvalue weighted by Gasteiger charge is 2.32. The Labute approximate surface area is 215 Å². The van der Waals surface area contributed by atoms with Crippen LogP contribution in [0.2, 0.25) is 5.02 Å². The average molecular weight is 526 g/mol. The summed E-state index contributed by atoms with van der Waals surface area (Å²) in [6.07, 6.45) is 0. The van der Waals surface area contributed by atoms with Gasteiger partial charge in [-0.15, -0.1) is 0 Å². The van der Waals surface area contributed by atoms with E-state index < -0.39 is 17.7 Å². The Bertz CT molecular complexity index is 1040. The van der Waals surface area contributed by atoms with E-state index in [2.05, 4.69) is 10.2 Å². The zero-order valence-corrected chi connectivity index (χ0v) is 21.9. The summed E-state index contributed by atoms with van der Waals surface area (Å²) < 4.78 is 23.1. The summed E-state index contributed by atoms with van der Waals surface area (Å²) >= 11 is 12.8. The quantitative estimate of drug-likeness (QED) is 0.176. The van der Waals surface area contributed by atoms with Gasteiger partial charge in [-0.2, -0.15) is 10.2 Å². The molecule has 1 atom stereocenters. The summed E-state index contributed by atoms with van der Waals surface area (Å²) in [5, 5.41) is 8.36. The van der Waals surface area contributed by atoms with Crippen molar-refractivity contribution in [1.82, 2.24) is 0 Å². The number of azo groups is 1. The van der Waals surface area contributed by atoms with Crippen molar-refractivity contribution < 1.29 is 28.5 Å². The van der Waals surface area contributed by atoms with Crippen LogP contribution in [0.1, 0.15) is 34.6 Å². The smallest absolute Gasteiger partial charge is 0.276 e. The van der Waals surface area contributed by atoms with E-state index in [0.29, 0.717) is 43.7 Å². The van der Waals surface area contributed by atoms with Crippen LogP contribution < -0.4 is 23.4 Å². The SMILES string of the molecule is CCOc1cc(Cl)c(OCC)c(N=NC(C(C)=O)C(=O)N(Cl)c2c(OCC)cccc2OCC)c1. The highest BCUT2D eigenvalue weighted by atomic mass is 35.5. The first-order valence-electron chi connectivity index (χ1n) is 11.2. The number of hydrogen-bond acceptors (Lipinski definition) is 8. The first kappa shape index (κ1) is 28.2. The molecule has 0 aliphatic heterocycles. The van der Waals surface area contributed by atoms with Crippen LogP contribution in [-0.4, -0.2) is 44.2 Å². The van der Waals surface area contributed by atoms with Crippen molar-refractivity contribution in [1.29, 1.82) is 0 Å². The number of nitrogens with zero attached hydrogens (tertiary/aromatic N) is 3. The van der Waals surface area contributed by atoms with Crippen LogP contribution in [0.25, 0.3) is 0 Å². The fourth-order valence-corrected chi connectivity index (χ4v) is 3.57. The predicted molar refractivity (Wildman–Crippen MR) is 135 cm³/mol. The van der Waals surface area contributed by atoms with Crippen LogP contribution in [0.15, 0.2) is 40.6 Å². The van der Waals surface area contributed by atoms with Crippen molar-refractivity contribution in [2.75, 3.05) is 30.8 Å². The zero-order chi connectivity index (χ0) is 26.0. The number of Topliss-reactive ketones (excluding diaryl/α,β-unsaturated/α-hetero) is 1. The van der Waals surface area contributed by atoms with Gasteiger partial charge in [0, 0.05) is 23.9 Å². The van der Waals surface area contributed by atoms with Crippen LogP contribution in [-0.2, 0) is 9.59 Å². The van der Waals surface area contributed by atoms with Crippen molar-refractivity contribution in [3.05, 3.63) is 35.4 Å². The van der Waals surface area contributed by atoms with Gasteiger partial charge in [0.05, 0.1) is 31.5 Å². The van der Waals surface area contributed by atoms with Gasteiger partial charge in [0.2, 0.25) is 6.04 Å². The highest BCUT2D eigenvalue weighted by Crippen LogP contribution is 2.41. The minimum absolute atomic E-state index is 0.167. The second-order valence-electron chi connectivity index (χ2n) is 6.94. The van der Waals surface area contributed by atoms with E-state index in [0.717, 1.165) is 4.42 Å².